The lowest BCUT2D eigenvalue weighted by Gasteiger charge is -2.27. The molecule has 1 atom stereocenters. The van der Waals surface area contributed by atoms with Gasteiger partial charge >= 0.3 is 0 Å². The van der Waals surface area contributed by atoms with E-state index in [1.807, 2.05) is 0 Å². The molecular weight excluding hydrogens is 212 g/mol. The summed E-state index contributed by atoms with van der Waals surface area (Å²) in [6.07, 6.45) is 8.29. The average Bonchev–Trinajstić information content (AvgIpc) is 2.58. The Bertz CT molecular complexity index is 224. The highest BCUT2D eigenvalue weighted by Gasteiger charge is 2.28. The number of nitrogens with one attached hydrogen (secondary N) is 1. The molecule has 2 aliphatic rings. The smallest absolute Gasteiger partial charge is 0.0771 e. The first-order chi connectivity index (χ1) is 8.18. The van der Waals surface area contributed by atoms with E-state index in [1.165, 1.54) is 45.2 Å². The van der Waals surface area contributed by atoms with Gasteiger partial charge in [-0.05, 0) is 45.3 Å². The molecule has 0 aromatic carbocycles. The van der Waals surface area contributed by atoms with Crippen LogP contribution in [0, 0.1) is 5.92 Å². The van der Waals surface area contributed by atoms with E-state index in [-0.39, 0.29) is 0 Å². The topological polar surface area (TPSA) is 35.5 Å². The number of nitrogens with zero attached hydrogens (tertiary/aromatic N) is 1. The standard InChI is InChI=1S/C14H28N2O/c1-16-9-6-13(11-16)10-15-12-14(17)7-4-2-3-5-8-14/h13,15,17H,2-12H2,1H3. The minimum atomic E-state index is -0.416. The minimum absolute atomic E-state index is 0.416. The quantitative estimate of drug-likeness (QED) is 0.733. The molecule has 3 heteroatoms. The molecule has 0 bridgehead atoms. The van der Waals surface area contributed by atoms with Gasteiger partial charge in [-0.3, -0.25) is 0 Å². The molecule has 0 aromatic heterocycles. The zero-order valence-electron chi connectivity index (χ0n) is 11.2. The Morgan fingerprint density at radius 1 is 1.24 bits per heavy atom. The lowest BCUT2D eigenvalue weighted by Crippen LogP contribution is -2.42. The summed E-state index contributed by atoms with van der Waals surface area (Å²) in [7, 11) is 2.19. The Kier molecular flexibility index (Phi) is 4.83. The summed E-state index contributed by atoms with van der Waals surface area (Å²) < 4.78 is 0. The van der Waals surface area contributed by atoms with Crippen molar-refractivity contribution in [3.05, 3.63) is 0 Å². The predicted octanol–water partition coefficient (Wildman–Crippen LogP) is 1.61. The number of hydrogen-bond donors (Lipinski definition) is 2. The van der Waals surface area contributed by atoms with Crippen molar-refractivity contribution in [3.8, 4) is 0 Å². The summed E-state index contributed by atoms with van der Waals surface area (Å²) in [5.41, 5.74) is -0.416. The number of aliphatic hydroxyl groups is 1. The number of rotatable bonds is 4. The number of likely N-dealkylation sites (tertiary alicyclic amines) is 1. The van der Waals surface area contributed by atoms with Crippen LogP contribution in [0.1, 0.15) is 44.9 Å². The molecule has 1 unspecified atom stereocenters. The highest BCUT2D eigenvalue weighted by Crippen LogP contribution is 2.26. The van der Waals surface area contributed by atoms with Gasteiger partial charge in [-0.2, -0.15) is 0 Å². The molecule has 17 heavy (non-hydrogen) atoms. The van der Waals surface area contributed by atoms with Crippen molar-refractivity contribution >= 4 is 0 Å². The van der Waals surface area contributed by atoms with Gasteiger partial charge in [0.25, 0.3) is 0 Å². The average molecular weight is 240 g/mol. The van der Waals surface area contributed by atoms with Crippen molar-refractivity contribution in [1.82, 2.24) is 10.2 Å². The van der Waals surface area contributed by atoms with E-state index in [2.05, 4.69) is 17.3 Å². The van der Waals surface area contributed by atoms with Gasteiger partial charge in [0, 0.05) is 13.1 Å². The molecule has 1 saturated heterocycles. The fourth-order valence-corrected chi connectivity index (χ4v) is 3.27. The molecule has 0 spiro atoms. The van der Waals surface area contributed by atoms with Crippen molar-refractivity contribution in [2.75, 3.05) is 33.2 Å². The molecule has 100 valence electrons. The van der Waals surface area contributed by atoms with E-state index in [0.29, 0.717) is 0 Å². The third-order valence-electron chi connectivity index (χ3n) is 4.41. The van der Waals surface area contributed by atoms with Gasteiger partial charge in [-0.1, -0.05) is 25.7 Å². The van der Waals surface area contributed by atoms with Gasteiger partial charge in [-0.15, -0.1) is 0 Å². The van der Waals surface area contributed by atoms with Crippen LogP contribution in [-0.2, 0) is 0 Å². The second-order valence-corrected chi connectivity index (χ2v) is 6.19. The normalized spacial score (nSPS) is 30.4. The van der Waals surface area contributed by atoms with Crippen LogP contribution >= 0.6 is 0 Å². The summed E-state index contributed by atoms with van der Waals surface area (Å²) in [4.78, 5) is 2.40. The number of hydrogen-bond acceptors (Lipinski definition) is 3. The van der Waals surface area contributed by atoms with Crippen molar-refractivity contribution in [2.45, 2.75) is 50.5 Å². The molecule has 0 amide bonds. The summed E-state index contributed by atoms with van der Waals surface area (Å²) in [5.74, 6) is 0.786. The molecule has 1 heterocycles. The van der Waals surface area contributed by atoms with Crippen LogP contribution in [0.4, 0.5) is 0 Å². The maximum Gasteiger partial charge on any atom is 0.0771 e. The summed E-state index contributed by atoms with van der Waals surface area (Å²) in [5, 5.41) is 14.0. The molecule has 2 rings (SSSR count). The second kappa shape index (κ2) is 6.17. The fraction of sp³-hybridized carbons (Fsp3) is 1.00. The molecule has 0 aromatic rings. The van der Waals surface area contributed by atoms with E-state index in [0.717, 1.165) is 31.8 Å². The van der Waals surface area contributed by atoms with E-state index in [4.69, 9.17) is 0 Å². The fourth-order valence-electron chi connectivity index (χ4n) is 3.27. The summed E-state index contributed by atoms with van der Waals surface area (Å²) >= 11 is 0. The molecular formula is C14H28N2O. The molecule has 1 saturated carbocycles. The van der Waals surface area contributed by atoms with Gasteiger partial charge < -0.3 is 15.3 Å². The van der Waals surface area contributed by atoms with E-state index in [1.54, 1.807) is 0 Å². The first kappa shape index (κ1) is 13.3. The van der Waals surface area contributed by atoms with Crippen LogP contribution in [0.5, 0.6) is 0 Å². The van der Waals surface area contributed by atoms with Crippen molar-refractivity contribution in [2.24, 2.45) is 5.92 Å². The third-order valence-corrected chi connectivity index (χ3v) is 4.41. The predicted molar refractivity (Wildman–Crippen MR) is 71.1 cm³/mol. The Balaban J connectivity index is 1.66. The van der Waals surface area contributed by atoms with Crippen LogP contribution in [0.2, 0.25) is 0 Å². The van der Waals surface area contributed by atoms with Crippen molar-refractivity contribution in [1.29, 1.82) is 0 Å². The summed E-state index contributed by atoms with van der Waals surface area (Å²) in [6.45, 7) is 4.32. The third kappa shape index (κ3) is 4.23. The highest BCUT2D eigenvalue weighted by molar-refractivity contribution is 4.84. The van der Waals surface area contributed by atoms with Crippen LogP contribution in [0.3, 0.4) is 0 Å². The first-order valence-corrected chi connectivity index (χ1v) is 7.30. The second-order valence-electron chi connectivity index (χ2n) is 6.19. The monoisotopic (exact) mass is 240 g/mol. The lowest BCUT2D eigenvalue weighted by atomic mass is 9.94. The van der Waals surface area contributed by atoms with Crippen molar-refractivity contribution in [3.63, 3.8) is 0 Å². The Hall–Kier alpha value is -0.120. The molecule has 3 nitrogen and oxygen atoms in total. The van der Waals surface area contributed by atoms with Crippen LogP contribution < -0.4 is 5.32 Å². The van der Waals surface area contributed by atoms with Crippen molar-refractivity contribution < 1.29 is 5.11 Å². The lowest BCUT2D eigenvalue weighted by molar-refractivity contribution is 0.0247. The first-order valence-electron chi connectivity index (χ1n) is 7.30. The summed E-state index contributed by atoms with van der Waals surface area (Å²) in [6, 6.07) is 0. The Labute approximate surface area is 106 Å². The SMILES string of the molecule is CN1CCC(CNCC2(O)CCCCCC2)C1. The van der Waals surface area contributed by atoms with E-state index < -0.39 is 5.60 Å². The molecule has 2 N–H and O–H groups in total. The molecule has 0 radical (unpaired) electrons. The van der Waals surface area contributed by atoms with Gasteiger partial charge in [-0.25, -0.2) is 0 Å². The van der Waals surface area contributed by atoms with Crippen LogP contribution in [0.15, 0.2) is 0 Å². The van der Waals surface area contributed by atoms with Gasteiger partial charge in [0.1, 0.15) is 0 Å². The van der Waals surface area contributed by atoms with E-state index >= 15 is 0 Å². The van der Waals surface area contributed by atoms with Gasteiger partial charge in [0.05, 0.1) is 5.60 Å². The maximum absolute atomic E-state index is 10.5. The van der Waals surface area contributed by atoms with E-state index in [9.17, 15) is 5.11 Å². The molecule has 2 fully saturated rings. The Morgan fingerprint density at radius 3 is 2.53 bits per heavy atom. The zero-order valence-corrected chi connectivity index (χ0v) is 11.2. The highest BCUT2D eigenvalue weighted by atomic mass is 16.3. The maximum atomic E-state index is 10.5. The van der Waals surface area contributed by atoms with Crippen LogP contribution in [-0.4, -0.2) is 48.8 Å². The Morgan fingerprint density at radius 2 is 1.94 bits per heavy atom. The zero-order chi connectivity index (χ0) is 12.1. The van der Waals surface area contributed by atoms with Gasteiger partial charge in [0.2, 0.25) is 0 Å². The van der Waals surface area contributed by atoms with Gasteiger partial charge in [0.15, 0.2) is 0 Å². The van der Waals surface area contributed by atoms with Crippen LogP contribution in [0.25, 0.3) is 0 Å². The molecule has 1 aliphatic carbocycles. The largest absolute Gasteiger partial charge is 0.389 e. The molecule has 1 aliphatic heterocycles. The minimum Gasteiger partial charge on any atom is -0.389 e.